The van der Waals surface area contributed by atoms with Crippen LogP contribution in [0.25, 0.3) is 0 Å². The van der Waals surface area contributed by atoms with Crippen molar-refractivity contribution in [1.29, 1.82) is 0 Å². The zero-order valence-corrected chi connectivity index (χ0v) is 19.3. The molecule has 32 heavy (non-hydrogen) atoms. The normalized spacial score (nSPS) is 19.4. The van der Waals surface area contributed by atoms with Gasteiger partial charge >= 0.3 is 0 Å². The summed E-state index contributed by atoms with van der Waals surface area (Å²) >= 11 is 0. The number of aliphatic imine (C=N–C) groups is 1. The SMILES string of the molecule is CN=C(NCCCC(=O)N1Cc2ccccc2C1)N1CCN(CC(=O)N2CCCC2)CC1. The van der Waals surface area contributed by atoms with Gasteiger partial charge < -0.3 is 20.0 Å². The first-order valence-corrected chi connectivity index (χ1v) is 11.9. The molecule has 1 aromatic carbocycles. The molecule has 0 atom stereocenters. The molecule has 8 nitrogen and oxygen atoms in total. The van der Waals surface area contributed by atoms with Crippen molar-refractivity contribution in [3.8, 4) is 0 Å². The number of piperazine rings is 1. The Labute approximate surface area is 191 Å². The van der Waals surface area contributed by atoms with E-state index in [-0.39, 0.29) is 11.8 Å². The fourth-order valence-corrected chi connectivity index (χ4v) is 4.82. The zero-order chi connectivity index (χ0) is 22.3. The average molecular weight is 441 g/mol. The van der Waals surface area contributed by atoms with Gasteiger partial charge in [-0.25, -0.2) is 0 Å². The van der Waals surface area contributed by atoms with Crippen molar-refractivity contribution in [2.24, 2.45) is 4.99 Å². The predicted molar refractivity (Wildman–Crippen MR) is 125 cm³/mol. The number of nitrogens with one attached hydrogen (secondary N) is 1. The van der Waals surface area contributed by atoms with E-state index < -0.39 is 0 Å². The van der Waals surface area contributed by atoms with Crippen LogP contribution < -0.4 is 5.32 Å². The Morgan fingerprint density at radius 3 is 2.16 bits per heavy atom. The summed E-state index contributed by atoms with van der Waals surface area (Å²) in [6.07, 6.45) is 3.61. The summed E-state index contributed by atoms with van der Waals surface area (Å²) in [5.74, 6) is 1.37. The van der Waals surface area contributed by atoms with Gasteiger partial charge in [-0.15, -0.1) is 0 Å². The fourth-order valence-electron chi connectivity index (χ4n) is 4.82. The van der Waals surface area contributed by atoms with Gasteiger partial charge in [0.2, 0.25) is 11.8 Å². The fraction of sp³-hybridized carbons (Fsp3) is 0.625. The molecule has 0 radical (unpaired) electrons. The lowest BCUT2D eigenvalue weighted by atomic mass is 10.1. The average Bonchev–Trinajstić information content (AvgIpc) is 3.50. The van der Waals surface area contributed by atoms with Crippen molar-refractivity contribution in [1.82, 2.24) is 24.9 Å². The molecule has 1 N–H and O–H groups in total. The standard InChI is InChI=1S/C24H36N6O2/c1-25-24(29-15-13-27(14-16-29)19-23(32)28-11-4-5-12-28)26-10-6-9-22(31)30-17-20-7-2-3-8-21(20)18-30/h2-3,7-8H,4-6,9-19H2,1H3,(H,25,26). The Balaban J connectivity index is 1.13. The molecule has 2 fully saturated rings. The van der Waals surface area contributed by atoms with Gasteiger partial charge in [0.05, 0.1) is 6.54 Å². The molecule has 8 heteroatoms. The summed E-state index contributed by atoms with van der Waals surface area (Å²) in [4.78, 5) is 37.8. The molecule has 3 heterocycles. The molecular formula is C24H36N6O2. The maximum absolute atomic E-state index is 12.6. The Hall–Kier alpha value is -2.61. The van der Waals surface area contributed by atoms with Gasteiger partial charge in [0.1, 0.15) is 0 Å². The van der Waals surface area contributed by atoms with Crippen LogP contribution in [-0.2, 0) is 22.7 Å². The molecule has 4 rings (SSSR count). The number of benzene rings is 1. The molecule has 3 aliphatic heterocycles. The van der Waals surface area contributed by atoms with Crippen LogP contribution in [0.3, 0.4) is 0 Å². The maximum Gasteiger partial charge on any atom is 0.236 e. The van der Waals surface area contributed by atoms with E-state index in [0.717, 1.165) is 84.1 Å². The molecule has 2 amide bonds. The van der Waals surface area contributed by atoms with Crippen LogP contribution in [0.15, 0.2) is 29.3 Å². The van der Waals surface area contributed by atoms with Crippen molar-refractivity contribution < 1.29 is 9.59 Å². The number of nitrogens with zero attached hydrogens (tertiary/aromatic N) is 5. The van der Waals surface area contributed by atoms with Crippen LogP contribution in [0.5, 0.6) is 0 Å². The number of amides is 2. The number of carbonyl (C=O) groups is 2. The summed E-state index contributed by atoms with van der Waals surface area (Å²) in [5, 5.41) is 3.41. The molecule has 0 unspecified atom stereocenters. The first-order valence-electron chi connectivity index (χ1n) is 11.9. The van der Waals surface area contributed by atoms with Crippen molar-refractivity contribution in [3.05, 3.63) is 35.4 Å². The van der Waals surface area contributed by atoms with Crippen LogP contribution in [0.4, 0.5) is 0 Å². The van der Waals surface area contributed by atoms with Crippen LogP contribution >= 0.6 is 0 Å². The van der Waals surface area contributed by atoms with Crippen molar-refractivity contribution in [2.75, 3.05) is 59.4 Å². The highest BCUT2D eigenvalue weighted by Crippen LogP contribution is 2.22. The number of rotatable bonds is 6. The number of hydrogen-bond acceptors (Lipinski definition) is 4. The lowest BCUT2D eigenvalue weighted by molar-refractivity contribution is -0.132. The highest BCUT2D eigenvalue weighted by molar-refractivity contribution is 5.81. The van der Waals surface area contributed by atoms with Gasteiger partial charge in [-0.1, -0.05) is 24.3 Å². The van der Waals surface area contributed by atoms with Gasteiger partial charge in [-0.2, -0.15) is 0 Å². The van der Waals surface area contributed by atoms with Crippen LogP contribution in [-0.4, -0.2) is 96.8 Å². The monoisotopic (exact) mass is 440 g/mol. The number of hydrogen-bond donors (Lipinski definition) is 1. The third kappa shape index (κ3) is 5.59. The lowest BCUT2D eigenvalue weighted by Gasteiger charge is -2.36. The molecule has 0 aromatic heterocycles. The molecule has 0 aliphatic carbocycles. The highest BCUT2D eigenvalue weighted by atomic mass is 16.2. The van der Waals surface area contributed by atoms with Crippen molar-refractivity contribution in [2.45, 2.75) is 38.8 Å². The Morgan fingerprint density at radius 1 is 0.875 bits per heavy atom. The van der Waals surface area contributed by atoms with E-state index in [0.29, 0.717) is 13.0 Å². The van der Waals surface area contributed by atoms with E-state index in [1.54, 1.807) is 7.05 Å². The van der Waals surface area contributed by atoms with E-state index in [9.17, 15) is 9.59 Å². The minimum absolute atomic E-state index is 0.217. The van der Waals surface area contributed by atoms with Gasteiger partial charge in [0, 0.05) is 72.4 Å². The smallest absolute Gasteiger partial charge is 0.236 e. The highest BCUT2D eigenvalue weighted by Gasteiger charge is 2.25. The number of carbonyl (C=O) groups excluding carboxylic acids is 2. The number of fused-ring (bicyclic) bond motifs is 1. The first kappa shape index (κ1) is 22.6. The summed E-state index contributed by atoms with van der Waals surface area (Å²) in [7, 11) is 1.80. The molecule has 0 spiro atoms. The molecule has 174 valence electrons. The predicted octanol–water partition coefficient (Wildman–Crippen LogP) is 1.12. The number of guanidine groups is 1. The molecule has 2 saturated heterocycles. The maximum atomic E-state index is 12.6. The summed E-state index contributed by atoms with van der Waals surface area (Å²) in [5.41, 5.74) is 2.53. The van der Waals surface area contributed by atoms with Crippen molar-refractivity contribution in [3.63, 3.8) is 0 Å². The molecule has 3 aliphatic rings. The van der Waals surface area contributed by atoms with Crippen LogP contribution in [0.2, 0.25) is 0 Å². The first-order chi connectivity index (χ1) is 15.6. The quantitative estimate of drug-likeness (QED) is 0.408. The van der Waals surface area contributed by atoms with E-state index >= 15 is 0 Å². The molecule has 0 saturated carbocycles. The summed E-state index contributed by atoms with van der Waals surface area (Å²) < 4.78 is 0. The largest absolute Gasteiger partial charge is 0.356 e. The second kappa shape index (κ2) is 10.8. The number of likely N-dealkylation sites (tertiary alicyclic amines) is 1. The van der Waals surface area contributed by atoms with E-state index in [2.05, 4.69) is 32.2 Å². The third-order valence-electron chi connectivity index (χ3n) is 6.75. The van der Waals surface area contributed by atoms with E-state index in [1.165, 1.54) is 11.1 Å². The van der Waals surface area contributed by atoms with Gasteiger partial charge in [-0.05, 0) is 30.4 Å². The third-order valence-corrected chi connectivity index (χ3v) is 6.75. The van der Waals surface area contributed by atoms with Crippen LogP contribution in [0, 0.1) is 0 Å². The molecule has 1 aromatic rings. The lowest BCUT2D eigenvalue weighted by Crippen LogP contribution is -2.54. The zero-order valence-electron chi connectivity index (χ0n) is 19.3. The van der Waals surface area contributed by atoms with E-state index in [1.807, 2.05) is 21.9 Å². The minimum atomic E-state index is 0.217. The summed E-state index contributed by atoms with van der Waals surface area (Å²) in [6, 6.07) is 8.29. The Bertz CT molecular complexity index is 803. The molecule has 0 bridgehead atoms. The Morgan fingerprint density at radius 2 is 1.53 bits per heavy atom. The van der Waals surface area contributed by atoms with Gasteiger partial charge in [0.25, 0.3) is 0 Å². The van der Waals surface area contributed by atoms with Crippen molar-refractivity contribution >= 4 is 17.8 Å². The van der Waals surface area contributed by atoms with Crippen LogP contribution in [0.1, 0.15) is 36.8 Å². The second-order valence-corrected chi connectivity index (χ2v) is 8.95. The minimum Gasteiger partial charge on any atom is -0.356 e. The van der Waals surface area contributed by atoms with Gasteiger partial charge in [-0.3, -0.25) is 19.5 Å². The topological polar surface area (TPSA) is 71.5 Å². The second-order valence-electron chi connectivity index (χ2n) is 8.95. The molecular weight excluding hydrogens is 404 g/mol. The summed E-state index contributed by atoms with van der Waals surface area (Å²) in [6.45, 7) is 8.02. The van der Waals surface area contributed by atoms with Gasteiger partial charge in [0.15, 0.2) is 5.96 Å². The van der Waals surface area contributed by atoms with E-state index in [4.69, 9.17) is 0 Å². The Kier molecular flexibility index (Phi) is 7.63.